The highest BCUT2D eigenvalue weighted by molar-refractivity contribution is 14.0. The number of hydrogen-bond acceptors (Lipinski definition) is 6. The quantitative estimate of drug-likeness (QED) is 0.275. The van der Waals surface area contributed by atoms with Crippen molar-refractivity contribution in [2.75, 3.05) is 26.0 Å². The lowest BCUT2D eigenvalue weighted by Crippen LogP contribution is -2.36. The number of guanidine groups is 1. The van der Waals surface area contributed by atoms with Gasteiger partial charge in [0, 0.05) is 38.6 Å². The van der Waals surface area contributed by atoms with Gasteiger partial charge in [0.1, 0.15) is 6.33 Å². The first-order valence-electron chi connectivity index (χ1n) is 8.16. The van der Waals surface area contributed by atoms with Crippen molar-refractivity contribution in [2.24, 2.45) is 4.99 Å². The summed E-state index contributed by atoms with van der Waals surface area (Å²) in [6.45, 7) is 1.28. The number of benzene rings is 1. The summed E-state index contributed by atoms with van der Waals surface area (Å²) in [5, 5.41) is 16.4. The summed E-state index contributed by atoms with van der Waals surface area (Å²) in [5.41, 5.74) is 3.13. The Balaban J connectivity index is 0.00000261. The molecule has 0 amide bonds. The summed E-state index contributed by atoms with van der Waals surface area (Å²) in [5.74, 6) is 1.49. The fraction of sp³-hybridized carbons (Fsp3) is 0.294. The van der Waals surface area contributed by atoms with Crippen LogP contribution >= 0.6 is 35.3 Å². The molecule has 0 unspecified atom stereocenters. The number of hydrogen-bond donors (Lipinski definition) is 3. The lowest BCUT2D eigenvalue weighted by atomic mass is 10.1. The second kappa shape index (κ2) is 10.2. The van der Waals surface area contributed by atoms with Gasteiger partial charge in [0.2, 0.25) is 0 Å². The van der Waals surface area contributed by atoms with Gasteiger partial charge in [-0.05, 0) is 11.6 Å². The summed E-state index contributed by atoms with van der Waals surface area (Å²) in [4.78, 5) is 15.0. The number of aromatic nitrogens is 4. The van der Waals surface area contributed by atoms with Gasteiger partial charge in [-0.1, -0.05) is 18.2 Å². The van der Waals surface area contributed by atoms with Crippen molar-refractivity contribution in [2.45, 2.75) is 13.1 Å². The Hall–Kier alpha value is -2.21. The number of nitrogens with zero attached hydrogens (tertiary/aromatic N) is 5. The van der Waals surface area contributed by atoms with Crippen LogP contribution in [0.3, 0.4) is 0 Å². The van der Waals surface area contributed by atoms with Crippen molar-refractivity contribution in [3.8, 4) is 11.4 Å². The normalized spacial score (nSPS) is 11.0. The van der Waals surface area contributed by atoms with Gasteiger partial charge in [-0.3, -0.25) is 10.1 Å². The van der Waals surface area contributed by atoms with Gasteiger partial charge in [-0.25, -0.2) is 9.97 Å². The Kier molecular flexibility index (Phi) is 7.98. The molecule has 0 saturated carbocycles. The average molecular weight is 498 g/mol. The Morgan fingerprint density at radius 3 is 2.74 bits per heavy atom. The fourth-order valence-electron chi connectivity index (χ4n) is 2.34. The van der Waals surface area contributed by atoms with E-state index in [1.54, 1.807) is 18.4 Å². The SMILES string of the molecule is CN=C(NCc1cccc(-c2ncn[nH]2)c1)NCc1csc(N(C)C)n1.I. The van der Waals surface area contributed by atoms with Gasteiger partial charge < -0.3 is 15.5 Å². The topological polar surface area (TPSA) is 94.1 Å². The van der Waals surface area contributed by atoms with Crippen LogP contribution in [0.25, 0.3) is 11.4 Å². The maximum atomic E-state index is 4.56. The van der Waals surface area contributed by atoms with Gasteiger partial charge in [-0.15, -0.1) is 35.3 Å². The minimum Gasteiger partial charge on any atom is -0.354 e. The minimum atomic E-state index is 0. The molecule has 0 fully saturated rings. The van der Waals surface area contributed by atoms with Crippen molar-refractivity contribution in [1.29, 1.82) is 0 Å². The summed E-state index contributed by atoms with van der Waals surface area (Å²) >= 11 is 1.63. The molecule has 2 aromatic heterocycles. The highest BCUT2D eigenvalue weighted by Crippen LogP contribution is 2.17. The maximum absolute atomic E-state index is 4.56. The molecule has 0 aliphatic carbocycles. The Labute approximate surface area is 179 Å². The summed E-state index contributed by atoms with van der Waals surface area (Å²) in [7, 11) is 5.74. The monoisotopic (exact) mass is 498 g/mol. The molecule has 1 aromatic carbocycles. The smallest absolute Gasteiger partial charge is 0.191 e. The van der Waals surface area contributed by atoms with Crippen LogP contribution in [0.5, 0.6) is 0 Å². The Morgan fingerprint density at radius 1 is 1.26 bits per heavy atom. The van der Waals surface area contributed by atoms with E-state index in [0.29, 0.717) is 13.1 Å². The standard InChI is InChI=1S/C17H22N8S.HI/c1-18-16(20-9-14-10-26-17(23-14)25(2)3)19-8-12-5-4-6-13(7-12)15-21-11-22-24-15;/h4-7,10-11H,8-9H2,1-3H3,(H2,18,19,20)(H,21,22,24);1H. The molecule has 2 heterocycles. The third-order valence-electron chi connectivity index (χ3n) is 3.66. The minimum absolute atomic E-state index is 0. The van der Waals surface area contributed by atoms with Gasteiger partial charge in [0.05, 0.1) is 12.2 Å². The predicted octanol–water partition coefficient (Wildman–Crippen LogP) is 2.48. The highest BCUT2D eigenvalue weighted by Gasteiger charge is 2.06. The molecule has 3 N–H and O–H groups in total. The first-order chi connectivity index (χ1) is 12.7. The number of aromatic amines is 1. The van der Waals surface area contributed by atoms with E-state index in [1.807, 2.05) is 31.1 Å². The van der Waals surface area contributed by atoms with Crippen molar-refractivity contribution in [3.63, 3.8) is 0 Å². The maximum Gasteiger partial charge on any atom is 0.191 e. The third kappa shape index (κ3) is 5.89. The molecule has 0 atom stereocenters. The van der Waals surface area contributed by atoms with Crippen molar-refractivity contribution in [3.05, 3.63) is 47.2 Å². The van der Waals surface area contributed by atoms with Crippen LogP contribution in [0, 0.1) is 0 Å². The van der Waals surface area contributed by atoms with Crippen LogP contribution in [0.2, 0.25) is 0 Å². The predicted molar refractivity (Wildman–Crippen MR) is 121 cm³/mol. The van der Waals surface area contributed by atoms with E-state index in [0.717, 1.165) is 33.7 Å². The zero-order valence-electron chi connectivity index (χ0n) is 15.4. The van der Waals surface area contributed by atoms with Gasteiger partial charge in [0.25, 0.3) is 0 Å². The first-order valence-corrected chi connectivity index (χ1v) is 9.04. The number of aliphatic imine (C=N–C) groups is 1. The first kappa shape index (κ1) is 21.1. The Bertz CT molecular complexity index is 859. The zero-order chi connectivity index (χ0) is 18.4. The molecule has 3 aromatic rings. The zero-order valence-corrected chi connectivity index (χ0v) is 18.6. The van der Waals surface area contributed by atoms with Crippen LogP contribution in [-0.2, 0) is 13.1 Å². The number of rotatable bonds is 6. The number of nitrogens with one attached hydrogen (secondary N) is 3. The van der Waals surface area contributed by atoms with E-state index in [-0.39, 0.29) is 24.0 Å². The van der Waals surface area contributed by atoms with E-state index in [4.69, 9.17) is 0 Å². The van der Waals surface area contributed by atoms with E-state index < -0.39 is 0 Å². The van der Waals surface area contributed by atoms with E-state index in [9.17, 15) is 0 Å². The molecule has 0 saturated heterocycles. The van der Waals surface area contributed by atoms with Crippen molar-refractivity contribution >= 4 is 46.4 Å². The highest BCUT2D eigenvalue weighted by atomic mass is 127. The molecule has 27 heavy (non-hydrogen) atoms. The molecule has 0 spiro atoms. The molecule has 10 heteroatoms. The van der Waals surface area contributed by atoms with Crippen LogP contribution in [-0.4, -0.2) is 47.3 Å². The molecule has 0 bridgehead atoms. The molecule has 0 radical (unpaired) electrons. The lowest BCUT2D eigenvalue weighted by molar-refractivity contribution is 0.797. The number of anilines is 1. The summed E-state index contributed by atoms with van der Waals surface area (Å²) in [6.07, 6.45) is 1.51. The van der Waals surface area contributed by atoms with Crippen LogP contribution < -0.4 is 15.5 Å². The number of halogens is 1. The van der Waals surface area contributed by atoms with Crippen molar-refractivity contribution < 1.29 is 0 Å². The van der Waals surface area contributed by atoms with Gasteiger partial charge in [-0.2, -0.15) is 5.10 Å². The largest absolute Gasteiger partial charge is 0.354 e. The molecule has 0 aliphatic rings. The summed E-state index contributed by atoms with van der Waals surface area (Å²) in [6, 6.07) is 8.14. The average Bonchev–Trinajstić information content (AvgIpc) is 3.34. The third-order valence-corrected chi connectivity index (χ3v) is 4.72. The van der Waals surface area contributed by atoms with Crippen LogP contribution in [0.15, 0.2) is 41.0 Å². The molecular weight excluding hydrogens is 475 g/mol. The molecule has 144 valence electrons. The van der Waals surface area contributed by atoms with Crippen LogP contribution in [0.4, 0.5) is 5.13 Å². The molecular formula is C17H23IN8S. The van der Waals surface area contributed by atoms with Crippen LogP contribution in [0.1, 0.15) is 11.3 Å². The van der Waals surface area contributed by atoms with E-state index in [2.05, 4.69) is 53.3 Å². The second-order valence-electron chi connectivity index (χ2n) is 5.83. The fourth-order valence-corrected chi connectivity index (χ4v) is 3.09. The number of H-pyrrole nitrogens is 1. The Morgan fingerprint density at radius 2 is 2.07 bits per heavy atom. The van der Waals surface area contributed by atoms with E-state index >= 15 is 0 Å². The number of thiazole rings is 1. The van der Waals surface area contributed by atoms with Gasteiger partial charge in [0.15, 0.2) is 16.9 Å². The molecule has 3 rings (SSSR count). The molecule has 0 aliphatic heterocycles. The van der Waals surface area contributed by atoms with Gasteiger partial charge >= 0.3 is 0 Å². The second-order valence-corrected chi connectivity index (χ2v) is 6.67. The van der Waals surface area contributed by atoms with Crippen molar-refractivity contribution in [1.82, 2.24) is 30.8 Å². The lowest BCUT2D eigenvalue weighted by Gasteiger charge is -2.11. The molecule has 8 nitrogen and oxygen atoms in total. The summed E-state index contributed by atoms with van der Waals surface area (Å²) < 4.78 is 0. The van der Waals surface area contributed by atoms with E-state index in [1.165, 1.54) is 6.33 Å².